The topological polar surface area (TPSA) is 35.5 Å². The normalized spacial score (nSPS) is 23.6. The molecule has 0 saturated carbocycles. The summed E-state index contributed by atoms with van der Waals surface area (Å²) in [5, 5.41) is 0. The Morgan fingerprint density at radius 3 is 2.50 bits per heavy atom. The zero-order valence-electron chi connectivity index (χ0n) is 12.2. The molecule has 0 radical (unpaired) electrons. The molecule has 1 unspecified atom stereocenters. The van der Waals surface area contributed by atoms with Crippen LogP contribution >= 0.6 is 0 Å². The predicted molar refractivity (Wildman–Crippen MR) is 75.6 cm³/mol. The molecule has 0 amide bonds. The van der Waals surface area contributed by atoms with E-state index in [1.807, 2.05) is 20.8 Å². The van der Waals surface area contributed by atoms with Crippen LogP contribution in [0.25, 0.3) is 0 Å². The number of rotatable bonds is 5. The summed E-state index contributed by atoms with van der Waals surface area (Å²) < 4.78 is 11.8. The van der Waals surface area contributed by atoms with E-state index in [0.717, 1.165) is 55.5 Å². The van der Waals surface area contributed by atoms with Gasteiger partial charge in [-0.1, -0.05) is 25.3 Å². The van der Waals surface area contributed by atoms with Crippen molar-refractivity contribution in [1.82, 2.24) is 0 Å². The van der Waals surface area contributed by atoms with Crippen molar-refractivity contribution in [3.05, 3.63) is 11.1 Å². The summed E-state index contributed by atoms with van der Waals surface area (Å²) >= 11 is 0. The Morgan fingerprint density at radius 1 is 1.28 bits per heavy atom. The number of allylic oxidation sites excluding steroid dienone is 1. The van der Waals surface area contributed by atoms with Gasteiger partial charge in [0.1, 0.15) is 0 Å². The molecular weight excluding hydrogens is 244 g/mol. The standard InChI is InChI=1S/C14H26O3Si/c1-5-6-10-18(11-8-7-9-16-18)17-14(15)13(4)12(2)3/h5-11H2,1-4H3. The van der Waals surface area contributed by atoms with Crippen molar-refractivity contribution in [3.63, 3.8) is 0 Å². The van der Waals surface area contributed by atoms with Gasteiger partial charge in [-0.25, -0.2) is 4.79 Å². The molecule has 3 nitrogen and oxygen atoms in total. The maximum Gasteiger partial charge on any atom is 0.401 e. The van der Waals surface area contributed by atoms with Gasteiger partial charge in [0.15, 0.2) is 0 Å². The molecule has 1 aliphatic heterocycles. The average Bonchev–Trinajstić information content (AvgIpc) is 2.36. The summed E-state index contributed by atoms with van der Waals surface area (Å²) in [7, 11) is -2.26. The highest BCUT2D eigenvalue weighted by Gasteiger charge is 2.42. The first kappa shape index (κ1) is 15.4. The van der Waals surface area contributed by atoms with Crippen molar-refractivity contribution in [2.75, 3.05) is 6.61 Å². The van der Waals surface area contributed by atoms with Gasteiger partial charge in [0.25, 0.3) is 0 Å². The Morgan fingerprint density at radius 2 is 2.00 bits per heavy atom. The van der Waals surface area contributed by atoms with E-state index in [4.69, 9.17) is 8.85 Å². The van der Waals surface area contributed by atoms with E-state index in [1.54, 1.807) is 0 Å². The molecule has 0 bridgehead atoms. The average molecular weight is 270 g/mol. The summed E-state index contributed by atoms with van der Waals surface area (Å²) in [4.78, 5) is 12.1. The molecule has 0 N–H and O–H groups in total. The second kappa shape index (κ2) is 7.09. The summed E-state index contributed by atoms with van der Waals surface area (Å²) in [5.41, 5.74) is 1.75. The van der Waals surface area contributed by atoms with Crippen LogP contribution in [0.3, 0.4) is 0 Å². The maximum atomic E-state index is 12.1. The highest BCUT2D eigenvalue weighted by molar-refractivity contribution is 6.69. The SMILES string of the molecule is CCCC[Si]1(OC(=O)C(C)=C(C)C)CCCCO1. The fourth-order valence-electron chi connectivity index (χ4n) is 2.05. The van der Waals surface area contributed by atoms with Gasteiger partial charge in [0, 0.05) is 24.3 Å². The van der Waals surface area contributed by atoms with Crippen LogP contribution in [-0.4, -0.2) is 21.1 Å². The van der Waals surface area contributed by atoms with Gasteiger partial charge < -0.3 is 8.85 Å². The lowest BCUT2D eigenvalue weighted by molar-refractivity contribution is -0.132. The monoisotopic (exact) mass is 270 g/mol. The molecule has 4 heteroatoms. The van der Waals surface area contributed by atoms with Gasteiger partial charge in [0.05, 0.1) is 0 Å². The number of hydrogen-bond acceptors (Lipinski definition) is 3. The lowest BCUT2D eigenvalue weighted by Gasteiger charge is -2.33. The van der Waals surface area contributed by atoms with Gasteiger partial charge in [-0.3, -0.25) is 0 Å². The van der Waals surface area contributed by atoms with Crippen molar-refractivity contribution >= 4 is 14.5 Å². The van der Waals surface area contributed by atoms with Crippen molar-refractivity contribution in [1.29, 1.82) is 0 Å². The summed E-state index contributed by atoms with van der Waals surface area (Å²) in [6, 6.07) is 1.92. The lowest BCUT2D eigenvalue weighted by atomic mass is 10.2. The number of carbonyl (C=O) groups excluding carboxylic acids is 1. The predicted octanol–water partition coefficient (Wildman–Crippen LogP) is 3.94. The Hall–Kier alpha value is -0.613. The van der Waals surface area contributed by atoms with E-state index in [0.29, 0.717) is 0 Å². The first-order chi connectivity index (χ1) is 8.51. The minimum atomic E-state index is -2.26. The van der Waals surface area contributed by atoms with Crippen LogP contribution < -0.4 is 0 Å². The third-order valence-corrected chi connectivity index (χ3v) is 7.08. The smallest absolute Gasteiger partial charge is 0.401 e. The Bertz CT molecular complexity index is 313. The number of unbranched alkanes of at least 4 members (excludes halogenated alkanes) is 1. The third kappa shape index (κ3) is 4.25. The maximum absolute atomic E-state index is 12.1. The molecule has 0 spiro atoms. The zero-order chi connectivity index (χ0) is 13.6. The van der Waals surface area contributed by atoms with Crippen molar-refractivity contribution in [3.8, 4) is 0 Å². The van der Waals surface area contributed by atoms with Crippen molar-refractivity contribution in [2.45, 2.75) is 65.5 Å². The van der Waals surface area contributed by atoms with E-state index in [9.17, 15) is 4.79 Å². The van der Waals surface area contributed by atoms with Crippen LogP contribution in [0.5, 0.6) is 0 Å². The van der Waals surface area contributed by atoms with Crippen LogP contribution in [0, 0.1) is 0 Å². The van der Waals surface area contributed by atoms with Crippen LogP contribution in [0.2, 0.25) is 12.1 Å². The van der Waals surface area contributed by atoms with Gasteiger partial charge in [-0.2, -0.15) is 0 Å². The molecule has 1 heterocycles. The molecule has 1 aliphatic rings. The highest BCUT2D eigenvalue weighted by atomic mass is 28.4. The van der Waals surface area contributed by atoms with Gasteiger partial charge in [-0.05, 0) is 33.6 Å². The Labute approximate surface area is 112 Å². The minimum absolute atomic E-state index is 0.167. The molecule has 1 atom stereocenters. The quantitative estimate of drug-likeness (QED) is 0.561. The Kier molecular flexibility index (Phi) is 6.09. The molecule has 0 aliphatic carbocycles. The van der Waals surface area contributed by atoms with Crippen LogP contribution in [0.15, 0.2) is 11.1 Å². The molecule has 0 aromatic rings. The molecule has 18 heavy (non-hydrogen) atoms. The molecule has 1 rings (SSSR count). The first-order valence-electron chi connectivity index (χ1n) is 7.02. The second-order valence-electron chi connectivity index (χ2n) is 5.33. The molecule has 0 aromatic heterocycles. The molecule has 1 saturated heterocycles. The lowest BCUT2D eigenvalue weighted by Crippen LogP contribution is -2.46. The summed E-state index contributed by atoms with van der Waals surface area (Å²) in [6.45, 7) is 8.64. The van der Waals surface area contributed by atoms with E-state index < -0.39 is 8.56 Å². The second-order valence-corrected chi connectivity index (χ2v) is 8.65. The fourth-order valence-corrected chi connectivity index (χ4v) is 5.54. The van der Waals surface area contributed by atoms with E-state index in [-0.39, 0.29) is 5.97 Å². The third-order valence-electron chi connectivity index (χ3n) is 3.56. The summed E-state index contributed by atoms with van der Waals surface area (Å²) in [6.07, 6.45) is 4.45. The Balaban J connectivity index is 2.72. The van der Waals surface area contributed by atoms with Crippen molar-refractivity contribution in [2.24, 2.45) is 0 Å². The van der Waals surface area contributed by atoms with Crippen LogP contribution in [-0.2, 0) is 13.6 Å². The minimum Gasteiger partial charge on any atom is -0.491 e. The highest BCUT2D eigenvalue weighted by Crippen LogP contribution is 2.29. The zero-order valence-corrected chi connectivity index (χ0v) is 13.2. The number of carbonyl (C=O) groups is 1. The van der Waals surface area contributed by atoms with Gasteiger partial charge in [-0.15, -0.1) is 0 Å². The van der Waals surface area contributed by atoms with E-state index in [2.05, 4.69) is 6.92 Å². The molecule has 104 valence electrons. The van der Waals surface area contributed by atoms with Gasteiger partial charge in [0.2, 0.25) is 0 Å². The van der Waals surface area contributed by atoms with Gasteiger partial charge >= 0.3 is 14.5 Å². The van der Waals surface area contributed by atoms with E-state index >= 15 is 0 Å². The summed E-state index contributed by atoms with van der Waals surface area (Å²) in [5.74, 6) is -0.167. The molecular formula is C14H26O3Si. The van der Waals surface area contributed by atoms with Crippen LogP contribution in [0.1, 0.15) is 53.4 Å². The molecule has 1 fully saturated rings. The molecule has 0 aromatic carbocycles. The van der Waals surface area contributed by atoms with Crippen molar-refractivity contribution < 1.29 is 13.6 Å². The largest absolute Gasteiger partial charge is 0.491 e. The first-order valence-corrected chi connectivity index (χ1v) is 9.25. The number of hydrogen-bond donors (Lipinski definition) is 0. The van der Waals surface area contributed by atoms with E-state index in [1.165, 1.54) is 0 Å². The van der Waals surface area contributed by atoms with Crippen LogP contribution in [0.4, 0.5) is 0 Å². The fraction of sp³-hybridized carbons (Fsp3) is 0.786.